The molecule has 1 fully saturated rings. The highest BCUT2D eigenvalue weighted by atomic mass is 35.5. The monoisotopic (exact) mass is 359 g/mol. The molecule has 0 saturated carbocycles. The number of hydrogen-bond donors (Lipinski definition) is 1. The van der Waals surface area contributed by atoms with Gasteiger partial charge in [-0.05, 0) is 38.5 Å². The lowest BCUT2D eigenvalue weighted by Gasteiger charge is -2.35. The number of nitrogens with one attached hydrogen (secondary N) is 1. The number of aliphatic imine (C=N–C) groups is 1. The van der Waals surface area contributed by atoms with Gasteiger partial charge in [0.15, 0.2) is 12.2 Å². The van der Waals surface area contributed by atoms with Gasteiger partial charge in [-0.3, -0.25) is 19.9 Å². The van der Waals surface area contributed by atoms with Crippen molar-refractivity contribution < 1.29 is 9.59 Å². The normalized spacial score (nSPS) is 25.3. The van der Waals surface area contributed by atoms with Crippen LogP contribution in [0.2, 0.25) is 5.02 Å². The number of rotatable bonds is 1. The van der Waals surface area contributed by atoms with Gasteiger partial charge in [-0.1, -0.05) is 17.7 Å². The fraction of sp³-hybridized carbons (Fsp3) is 0.353. The molecule has 3 amide bonds. The number of imide groups is 1. The Morgan fingerprint density at radius 1 is 1.16 bits per heavy atom. The molecule has 1 aromatic carbocycles. The summed E-state index contributed by atoms with van der Waals surface area (Å²) in [5.41, 5.74) is 3.88. The van der Waals surface area contributed by atoms with Crippen molar-refractivity contribution in [1.82, 2.24) is 15.1 Å². The largest absolute Gasteiger partial charge is 0.325 e. The molecule has 0 aliphatic carbocycles. The lowest BCUT2D eigenvalue weighted by Crippen LogP contribution is -2.63. The Balaban J connectivity index is 1.85. The number of likely N-dealkylation sites (N-methyl/N-ethyl adjacent to an activating group) is 1. The molecule has 1 N–H and O–H groups in total. The summed E-state index contributed by atoms with van der Waals surface area (Å²) >= 11 is 6.20. The highest BCUT2D eigenvalue weighted by molar-refractivity contribution is 6.31. The van der Waals surface area contributed by atoms with E-state index in [4.69, 9.17) is 16.6 Å². The van der Waals surface area contributed by atoms with E-state index in [1.165, 1.54) is 4.90 Å². The zero-order valence-corrected chi connectivity index (χ0v) is 15.1. The number of carbonyl (C=O) groups is 2. The Labute approximate surface area is 150 Å². The van der Waals surface area contributed by atoms with Gasteiger partial charge in [-0.15, -0.1) is 0 Å². The molecule has 0 spiro atoms. The van der Waals surface area contributed by atoms with Gasteiger partial charge in [-0.2, -0.15) is 0 Å². The predicted molar refractivity (Wildman–Crippen MR) is 95.2 cm³/mol. The molecule has 0 bridgehead atoms. The van der Waals surface area contributed by atoms with Crippen molar-refractivity contribution in [3.63, 3.8) is 0 Å². The number of nitrogens with zero attached hydrogens (tertiary/aromatic N) is 4. The van der Waals surface area contributed by atoms with Gasteiger partial charge in [0.2, 0.25) is 5.96 Å². The second kappa shape index (κ2) is 5.23. The Bertz CT molecular complexity index is 878. The molecule has 4 rings (SSSR count). The average Bonchev–Trinajstić information content (AvgIpc) is 3.05. The lowest BCUT2D eigenvalue weighted by molar-refractivity contribution is -0.126. The van der Waals surface area contributed by atoms with E-state index in [0.29, 0.717) is 11.0 Å². The van der Waals surface area contributed by atoms with Crippen LogP contribution in [-0.2, 0) is 4.79 Å². The summed E-state index contributed by atoms with van der Waals surface area (Å²) in [4.78, 5) is 34.5. The predicted octanol–water partition coefficient (Wildman–Crippen LogP) is 2.27. The van der Waals surface area contributed by atoms with E-state index in [-0.39, 0.29) is 5.91 Å². The third-order valence-electron chi connectivity index (χ3n) is 5.07. The van der Waals surface area contributed by atoms with Crippen molar-refractivity contribution in [3.8, 4) is 0 Å². The zero-order valence-electron chi connectivity index (χ0n) is 14.4. The first-order valence-corrected chi connectivity index (χ1v) is 8.37. The summed E-state index contributed by atoms with van der Waals surface area (Å²) in [5, 5.41) is 3.02. The molecule has 7 nitrogen and oxygen atoms in total. The molecule has 3 heterocycles. The van der Waals surface area contributed by atoms with E-state index >= 15 is 0 Å². The summed E-state index contributed by atoms with van der Waals surface area (Å²) in [7, 11) is 1.65. The lowest BCUT2D eigenvalue weighted by atomic mass is 10.1. The van der Waals surface area contributed by atoms with Crippen molar-refractivity contribution in [2.24, 2.45) is 4.99 Å². The van der Waals surface area contributed by atoms with Crippen LogP contribution in [0, 0.1) is 6.92 Å². The van der Waals surface area contributed by atoms with E-state index in [0.717, 1.165) is 22.6 Å². The van der Waals surface area contributed by atoms with Gasteiger partial charge < -0.3 is 4.90 Å². The first kappa shape index (κ1) is 16.0. The highest BCUT2D eigenvalue weighted by Crippen LogP contribution is 2.40. The Hall–Kier alpha value is -2.54. The molecular weight excluding hydrogens is 342 g/mol. The third kappa shape index (κ3) is 2.08. The highest BCUT2D eigenvalue weighted by Gasteiger charge is 2.53. The summed E-state index contributed by atoms with van der Waals surface area (Å²) in [5.74, 6) is 0.315. The molecule has 1 aromatic rings. The molecule has 2 unspecified atom stereocenters. The van der Waals surface area contributed by atoms with Gasteiger partial charge in [-0.25, -0.2) is 9.79 Å². The zero-order chi connectivity index (χ0) is 18.0. The third-order valence-corrected chi connectivity index (χ3v) is 5.31. The summed E-state index contributed by atoms with van der Waals surface area (Å²) in [6.07, 6.45) is -0.540. The summed E-state index contributed by atoms with van der Waals surface area (Å²) in [6.45, 7) is 5.94. The number of urea groups is 1. The number of hydrogen-bond acceptors (Lipinski definition) is 5. The quantitative estimate of drug-likeness (QED) is 0.835. The van der Waals surface area contributed by atoms with Crippen molar-refractivity contribution in [1.29, 1.82) is 0 Å². The molecule has 2 atom stereocenters. The SMILES string of the molecule is CC1=C(C)N2C(=NC3C2C(=O)NC(=O)N3C)N1c1cc(Cl)ccc1C. The second-order valence-corrected chi connectivity index (χ2v) is 6.94. The minimum Gasteiger partial charge on any atom is -0.303 e. The number of benzene rings is 1. The van der Waals surface area contributed by atoms with E-state index in [9.17, 15) is 9.59 Å². The van der Waals surface area contributed by atoms with Crippen LogP contribution in [0.3, 0.4) is 0 Å². The van der Waals surface area contributed by atoms with Crippen molar-refractivity contribution in [2.75, 3.05) is 11.9 Å². The average molecular weight is 360 g/mol. The van der Waals surface area contributed by atoms with Gasteiger partial charge in [0.05, 0.1) is 5.69 Å². The fourth-order valence-electron chi connectivity index (χ4n) is 3.57. The number of allylic oxidation sites excluding steroid dienone is 2. The molecule has 1 saturated heterocycles. The fourth-order valence-corrected chi connectivity index (χ4v) is 3.74. The number of halogens is 1. The van der Waals surface area contributed by atoms with Crippen molar-refractivity contribution in [3.05, 3.63) is 40.2 Å². The molecular formula is C17H18ClN5O2. The summed E-state index contributed by atoms with van der Waals surface area (Å²) in [6, 6.07) is 4.69. The number of carbonyl (C=O) groups excluding carboxylic acids is 2. The molecule has 3 aliphatic rings. The topological polar surface area (TPSA) is 68.2 Å². The first-order chi connectivity index (χ1) is 11.8. The summed E-state index contributed by atoms with van der Waals surface area (Å²) < 4.78 is 0. The van der Waals surface area contributed by atoms with Crippen LogP contribution >= 0.6 is 11.6 Å². The Morgan fingerprint density at radius 3 is 2.60 bits per heavy atom. The van der Waals surface area contributed by atoms with Crippen LogP contribution in [0.5, 0.6) is 0 Å². The van der Waals surface area contributed by atoms with Crippen LogP contribution in [0.4, 0.5) is 10.5 Å². The number of amides is 3. The maximum Gasteiger partial charge on any atom is 0.325 e. The van der Waals surface area contributed by atoms with E-state index < -0.39 is 18.2 Å². The second-order valence-electron chi connectivity index (χ2n) is 6.50. The van der Waals surface area contributed by atoms with Crippen molar-refractivity contribution >= 4 is 35.2 Å². The van der Waals surface area contributed by atoms with Crippen LogP contribution < -0.4 is 10.2 Å². The molecule has 25 heavy (non-hydrogen) atoms. The van der Waals surface area contributed by atoms with Gasteiger partial charge >= 0.3 is 6.03 Å². The van der Waals surface area contributed by atoms with E-state index in [1.807, 2.05) is 48.8 Å². The van der Waals surface area contributed by atoms with Crippen LogP contribution in [-0.4, -0.2) is 47.0 Å². The van der Waals surface area contributed by atoms with Gasteiger partial charge in [0.25, 0.3) is 5.91 Å². The number of aryl methyl sites for hydroxylation is 1. The minimum atomic E-state index is -0.558. The number of fused-ring (bicyclic) bond motifs is 3. The van der Waals surface area contributed by atoms with Crippen molar-refractivity contribution in [2.45, 2.75) is 33.0 Å². The Morgan fingerprint density at radius 2 is 1.88 bits per heavy atom. The number of anilines is 1. The maximum absolute atomic E-state index is 12.5. The minimum absolute atomic E-state index is 0.330. The van der Waals surface area contributed by atoms with Crippen LogP contribution in [0.25, 0.3) is 0 Å². The standard InChI is InChI=1S/C17H18ClN5O2/c1-8-5-6-11(18)7-12(8)22-9(2)10(3)23-13-14(19-16(22)23)21(4)17(25)20-15(13)24/h5-7,13-14H,1-4H3,(H,20,24,25). The van der Waals surface area contributed by atoms with Crippen LogP contribution in [0.1, 0.15) is 19.4 Å². The van der Waals surface area contributed by atoms with Gasteiger partial charge in [0, 0.05) is 23.5 Å². The smallest absolute Gasteiger partial charge is 0.303 e. The molecule has 8 heteroatoms. The molecule has 130 valence electrons. The maximum atomic E-state index is 12.5. The first-order valence-electron chi connectivity index (χ1n) is 7.99. The molecule has 3 aliphatic heterocycles. The molecule has 0 radical (unpaired) electrons. The molecule has 0 aromatic heterocycles. The van der Waals surface area contributed by atoms with Crippen LogP contribution in [0.15, 0.2) is 34.6 Å². The van der Waals surface area contributed by atoms with Gasteiger partial charge in [0.1, 0.15) is 0 Å². The Kier molecular flexibility index (Phi) is 3.34. The van der Waals surface area contributed by atoms with E-state index in [1.54, 1.807) is 7.05 Å². The van der Waals surface area contributed by atoms with E-state index in [2.05, 4.69) is 5.32 Å². The number of guanidine groups is 1.